The fourth-order valence-electron chi connectivity index (χ4n) is 3.45. The summed E-state index contributed by atoms with van der Waals surface area (Å²) in [5, 5.41) is 0. The smallest absolute Gasteiger partial charge is 0.305 e. The Morgan fingerprint density at radius 1 is 0.688 bits per heavy atom. The maximum atomic E-state index is 11.9. The van der Waals surface area contributed by atoms with E-state index in [-0.39, 0.29) is 37.4 Å². The van der Waals surface area contributed by atoms with Crippen molar-refractivity contribution >= 4 is 11.9 Å². The van der Waals surface area contributed by atoms with Crippen molar-refractivity contribution in [1.82, 2.24) is 0 Å². The number of hydrogen-bond donors (Lipinski definition) is 0. The van der Waals surface area contributed by atoms with Crippen LogP contribution in [0.2, 0.25) is 0 Å². The number of aryl methyl sites for hydroxylation is 2. The van der Waals surface area contributed by atoms with Gasteiger partial charge in [0.15, 0.2) is 0 Å². The van der Waals surface area contributed by atoms with Crippen LogP contribution in [0.4, 0.5) is 0 Å². The van der Waals surface area contributed by atoms with Gasteiger partial charge in [0.05, 0.1) is 13.2 Å². The van der Waals surface area contributed by atoms with E-state index in [4.69, 9.17) is 18.9 Å². The molecule has 0 aliphatic carbocycles. The highest BCUT2D eigenvalue weighted by atomic mass is 16.6. The maximum absolute atomic E-state index is 11.9. The molecule has 0 amide bonds. The first-order valence-electron chi connectivity index (χ1n) is 11.3. The minimum absolute atomic E-state index is 0.177. The van der Waals surface area contributed by atoms with Crippen molar-refractivity contribution in [3.63, 3.8) is 0 Å². The van der Waals surface area contributed by atoms with Gasteiger partial charge in [0.25, 0.3) is 0 Å². The van der Waals surface area contributed by atoms with Gasteiger partial charge in [0, 0.05) is 12.8 Å². The second kappa shape index (κ2) is 13.7. The molecular formula is C26H32O6. The lowest BCUT2D eigenvalue weighted by Crippen LogP contribution is -2.41. The third kappa shape index (κ3) is 9.20. The molecular weight excluding hydrogens is 408 g/mol. The van der Waals surface area contributed by atoms with Crippen molar-refractivity contribution in [3.8, 4) is 0 Å². The van der Waals surface area contributed by atoms with E-state index in [0.29, 0.717) is 26.1 Å². The average molecular weight is 441 g/mol. The molecule has 1 heterocycles. The molecule has 1 fully saturated rings. The lowest BCUT2D eigenvalue weighted by Gasteiger charge is -2.28. The van der Waals surface area contributed by atoms with Crippen LogP contribution in [0.1, 0.15) is 36.8 Å². The van der Waals surface area contributed by atoms with Crippen molar-refractivity contribution in [2.45, 2.75) is 50.7 Å². The quantitative estimate of drug-likeness (QED) is 0.466. The Bertz CT molecular complexity index is 730. The summed E-state index contributed by atoms with van der Waals surface area (Å²) in [6.45, 7) is 0.980. The number of hydrogen-bond acceptors (Lipinski definition) is 6. The van der Waals surface area contributed by atoms with E-state index >= 15 is 0 Å². The predicted molar refractivity (Wildman–Crippen MR) is 120 cm³/mol. The molecule has 0 bridgehead atoms. The molecule has 3 rings (SSSR count). The molecule has 2 unspecified atom stereocenters. The molecule has 0 N–H and O–H groups in total. The maximum Gasteiger partial charge on any atom is 0.305 e. The Morgan fingerprint density at radius 2 is 1.09 bits per heavy atom. The Hall–Kier alpha value is -2.70. The van der Waals surface area contributed by atoms with E-state index in [9.17, 15) is 9.59 Å². The monoisotopic (exact) mass is 440 g/mol. The van der Waals surface area contributed by atoms with Gasteiger partial charge < -0.3 is 18.9 Å². The molecule has 0 radical (unpaired) electrons. The zero-order valence-electron chi connectivity index (χ0n) is 18.4. The van der Waals surface area contributed by atoms with Gasteiger partial charge in [-0.3, -0.25) is 9.59 Å². The molecule has 172 valence electrons. The minimum atomic E-state index is -0.286. The lowest BCUT2D eigenvalue weighted by molar-refractivity contribution is -0.179. The molecule has 0 saturated carbocycles. The molecule has 2 aromatic rings. The highest BCUT2D eigenvalue weighted by molar-refractivity contribution is 5.69. The van der Waals surface area contributed by atoms with Crippen LogP contribution in [0.3, 0.4) is 0 Å². The van der Waals surface area contributed by atoms with Gasteiger partial charge in [0.2, 0.25) is 0 Å². The van der Waals surface area contributed by atoms with Crippen LogP contribution in [-0.2, 0) is 41.4 Å². The zero-order chi connectivity index (χ0) is 22.4. The van der Waals surface area contributed by atoms with Crippen LogP contribution in [0.25, 0.3) is 0 Å². The summed E-state index contributed by atoms with van der Waals surface area (Å²) in [5.41, 5.74) is 2.43. The van der Waals surface area contributed by atoms with Gasteiger partial charge in [0.1, 0.15) is 25.4 Å². The highest BCUT2D eigenvalue weighted by Crippen LogP contribution is 2.11. The molecule has 1 aliphatic rings. The Kier molecular flexibility index (Phi) is 10.2. The second-order valence-corrected chi connectivity index (χ2v) is 7.96. The summed E-state index contributed by atoms with van der Waals surface area (Å²) >= 11 is 0. The summed E-state index contributed by atoms with van der Waals surface area (Å²) < 4.78 is 22.0. The summed E-state index contributed by atoms with van der Waals surface area (Å²) in [5.74, 6) is -0.452. The molecule has 2 aromatic carbocycles. The zero-order valence-corrected chi connectivity index (χ0v) is 18.4. The Labute approximate surface area is 189 Å². The molecule has 0 spiro atoms. The van der Waals surface area contributed by atoms with Crippen LogP contribution in [0.15, 0.2) is 60.7 Å². The van der Waals surface area contributed by atoms with Crippen molar-refractivity contribution in [2.75, 3.05) is 26.4 Å². The number of carbonyl (C=O) groups is 2. The number of ether oxygens (including phenoxy) is 4. The van der Waals surface area contributed by atoms with Gasteiger partial charge in [-0.1, -0.05) is 60.7 Å². The number of rotatable bonds is 12. The van der Waals surface area contributed by atoms with Crippen LogP contribution in [0.5, 0.6) is 0 Å². The lowest BCUT2D eigenvalue weighted by atomic mass is 10.1. The number of benzene rings is 2. The second-order valence-electron chi connectivity index (χ2n) is 7.96. The van der Waals surface area contributed by atoms with E-state index in [1.54, 1.807) is 0 Å². The van der Waals surface area contributed by atoms with Crippen molar-refractivity contribution in [3.05, 3.63) is 71.8 Å². The molecule has 1 saturated heterocycles. The average Bonchev–Trinajstić information content (AvgIpc) is 2.83. The summed E-state index contributed by atoms with van der Waals surface area (Å²) in [4.78, 5) is 23.8. The molecule has 6 nitrogen and oxygen atoms in total. The fraction of sp³-hybridized carbons (Fsp3) is 0.462. The van der Waals surface area contributed by atoms with E-state index in [0.717, 1.165) is 25.7 Å². The summed E-state index contributed by atoms with van der Waals surface area (Å²) in [6, 6.07) is 20.1. The SMILES string of the molecule is O=C(CCCc1ccccc1)OCC1COC(COC(=O)CCCc2ccccc2)CO1. The molecule has 2 atom stereocenters. The fourth-order valence-corrected chi connectivity index (χ4v) is 3.45. The van der Waals surface area contributed by atoms with Gasteiger partial charge in [-0.05, 0) is 36.8 Å². The first-order chi connectivity index (χ1) is 15.7. The highest BCUT2D eigenvalue weighted by Gasteiger charge is 2.24. The van der Waals surface area contributed by atoms with Crippen molar-refractivity contribution < 1.29 is 28.5 Å². The van der Waals surface area contributed by atoms with Gasteiger partial charge in [-0.15, -0.1) is 0 Å². The minimum Gasteiger partial charge on any atom is -0.463 e. The molecule has 32 heavy (non-hydrogen) atoms. The number of esters is 2. The van der Waals surface area contributed by atoms with Crippen molar-refractivity contribution in [1.29, 1.82) is 0 Å². The Balaban J connectivity index is 1.19. The Morgan fingerprint density at radius 3 is 1.47 bits per heavy atom. The molecule has 0 aromatic heterocycles. The first-order valence-corrected chi connectivity index (χ1v) is 11.3. The molecule has 6 heteroatoms. The first kappa shape index (κ1) is 24.0. The predicted octanol–water partition coefficient (Wildman–Crippen LogP) is 3.90. The van der Waals surface area contributed by atoms with Crippen molar-refractivity contribution in [2.24, 2.45) is 0 Å². The third-order valence-corrected chi connectivity index (χ3v) is 5.27. The van der Waals surface area contributed by atoms with Crippen LogP contribution in [0, 0.1) is 0 Å². The number of carbonyl (C=O) groups excluding carboxylic acids is 2. The normalized spacial score (nSPS) is 18.1. The standard InChI is InChI=1S/C26H32O6/c27-25(15-7-13-21-9-3-1-4-10-21)31-19-23-17-30-24(18-29-23)20-32-26(28)16-8-14-22-11-5-2-6-12-22/h1-6,9-12,23-24H,7-8,13-20H2. The van der Waals surface area contributed by atoms with Gasteiger partial charge in [-0.2, -0.15) is 0 Å². The summed E-state index contributed by atoms with van der Waals surface area (Å²) in [6.07, 6.45) is 3.40. The van der Waals surface area contributed by atoms with E-state index in [2.05, 4.69) is 24.3 Å². The van der Waals surface area contributed by atoms with Gasteiger partial charge >= 0.3 is 11.9 Å². The van der Waals surface area contributed by atoms with E-state index in [1.807, 2.05) is 36.4 Å². The summed E-state index contributed by atoms with van der Waals surface area (Å²) in [7, 11) is 0. The third-order valence-electron chi connectivity index (χ3n) is 5.27. The molecule has 1 aliphatic heterocycles. The topological polar surface area (TPSA) is 71.1 Å². The van der Waals surface area contributed by atoms with Crippen LogP contribution < -0.4 is 0 Å². The largest absolute Gasteiger partial charge is 0.463 e. The van der Waals surface area contributed by atoms with Crippen LogP contribution >= 0.6 is 0 Å². The van der Waals surface area contributed by atoms with E-state index < -0.39 is 0 Å². The van der Waals surface area contributed by atoms with Crippen LogP contribution in [-0.4, -0.2) is 50.6 Å². The van der Waals surface area contributed by atoms with Gasteiger partial charge in [-0.25, -0.2) is 0 Å². The van der Waals surface area contributed by atoms with E-state index in [1.165, 1.54) is 11.1 Å².